The van der Waals surface area contributed by atoms with Gasteiger partial charge in [0, 0.05) is 23.6 Å². The minimum absolute atomic E-state index is 0.0777. The van der Waals surface area contributed by atoms with Gasteiger partial charge in [-0.05, 0) is 72.9 Å². The van der Waals surface area contributed by atoms with Gasteiger partial charge in [-0.15, -0.1) is 0 Å². The van der Waals surface area contributed by atoms with Crippen molar-refractivity contribution in [3.8, 4) is 17.5 Å². The van der Waals surface area contributed by atoms with E-state index in [1.807, 2.05) is 50.2 Å². The first-order chi connectivity index (χ1) is 15.3. The van der Waals surface area contributed by atoms with E-state index < -0.39 is 5.91 Å². The highest BCUT2D eigenvalue weighted by atomic mass is 16.5. The maximum absolute atomic E-state index is 12.6. The topological polar surface area (TPSA) is 67.0 Å². The average Bonchev–Trinajstić information content (AvgIpc) is 3.08. The molecular weight excluding hydrogens is 398 g/mol. The van der Waals surface area contributed by atoms with Crippen molar-refractivity contribution in [1.29, 1.82) is 5.26 Å². The van der Waals surface area contributed by atoms with Gasteiger partial charge in [0.15, 0.2) is 0 Å². The van der Waals surface area contributed by atoms with Crippen LogP contribution in [0, 0.1) is 25.2 Å². The number of ether oxygens (including phenoxy) is 1. The number of nitrogens with zero attached hydrogens (tertiary/aromatic N) is 2. The number of carbonyl (C=O) groups is 1. The standard InChI is InChI=1S/C27H29N3O2/c1-18(2)22-8-10-25(11-9-22)30-19(3)14-23(20(30)4)15-24(16-28)27(31)29-17-21-6-12-26(32-5)13-7-21/h6-15,18H,17H2,1-5H3,(H,29,31)/b24-15-. The molecule has 0 aliphatic rings. The van der Waals surface area contributed by atoms with Crippen molar-refractivity contribution in [3.05, 3.63) is 88.2 Å². The molecule has 1 aromatic heterocycles. The van der Waals surface area contributed by atoms with Gasteiger partial charge >= 0.3 is 0 Å². The lowest BCUT2D eigenvalue weighted by molar-refractivity contribution is -0.117. The second-order valence-corrected chi connectivity index (χ2v) is 8.11. The summed E-state index contributed by atoms with van der Waals surface area (Å²) in [5, 5.41) is 12.4. The summed E-state index contributed by atoms with van der Waals surface area (Å²) in [6.45, 7) is 8.71. The molecule has 3 rings (SSSR count). The van der Waals surface area contributed by atoms with E-state index >= 15 is 0 Å². The molecule has 1 N–H and O–H groups in total. The van der Waals surface area contributed by atoms with E-state index in [0.717, 1.165) is 34.0 Å². The van der Waals surface area contributed by atoms with E-state index in [9.17, 15) is 10.1 Å². The fourth-order valence-electron chi connectivity index (χ4n) is 3.66. The van der Waals surface area contributed by atoms with Crippen LogP contribution in [0.25, 0.3) is 11.8 Å². The third-order valence-electron chi connectivity index (χ3n) is 5.57. The molecule has 5 heteroatoms. The lowest BCUT2D eigenvalue weighted by Crippen LogP contribution is -2.23. The summed E-state index contributed by atoms with van der Waals surface area (Å²) < 4.78 is 7.29. The van der Waals surface area contributed by atoms with Crippen LogP contribution < -0.4 is 10.1 Å². The highest BCUT2D eigenvalue weighted by molar-refractivity contribution is 6.01. The Labute approximate surface area is 190 Å². The van der Waals surface area contributed by atoms with E-state index in [1.54, 1.807) is 13.2 Å². The summed E-state index contributed by atoms with van der Waals surface area (Å²) in [7, 11) is 1.61. The van der Waals surface area contributed by atoms with Gasteiger partial charge < -0.3 is 14.6 Å². The van der Waals surface area contributed by atoms with Gasteiger partial charge in [-0.3, -0.25) is 4.79 Å². The third kappa shape index (κ3) is 5.09. The number of nitrogens with one attached hydrogen (secondary N) is 1. The van der Waals surface area contributed by atoms with Crippen molar-refractivity contribution in [3.63, 3.8) is 0 Å². The minimum Gasteiger partial charge on any atom is -0.497 e. The Kier molecular flexibility index (Phi) is 7.17. The number of rotatable bonds is 7. The van der Waals surface area contributed by atoms with Crippen LogP contribution in [-0.4, -0.2) is 17.6 Å². The zero-order chi connectivity index (χ0) is 23.3. The normalized spacial score (nSPS) is 11.3. The molecule has 0 fully saturated rings. The molecule has 1 amide bonds. The Morgan fingerprint density at radius 2 is 1.78 bits per heavy atom. The van der Waals surface area contributed by atoms with E-state index in [-0.39, 0.29) is 5.57 Å². The van der Waals surface area contributed by atoms with Crippen molar-refractivity contribution < 1.29 is 9.53 Å². The van der Waals surface area contributed by atoms with Crippen LogP contribution in [-0.2, 0) is 11.3 Å². The molecule has 1 heterocycles. The average molecular weight is 428 g/mol. The lowest BCUT2D eigenvalue weighted by Gasteiger charge is -2.12. The maximum atomic E-state index is 12.6. The minimum atomic E-state index is -0.394. The largest absolute Gasteiger partial charge is 0.497 e. The number of hydrogen-bond donors (Lipinski definition) is 1. The lowest BCUT2D eigenvalue weighted by atomic mass is 10.0. The SMILES string of the molecule is COc1ccc(CNC(=O)/C(C#N)=C\c2cc(C)n(-c3ccc(C(C)C)cc3)c2C)cc1. The second-order valence-electron chi connectivity index (χ2n) is 8.11. The summed E-state index contributed by atoms with van der Waals surface area (Å²) in [5.74, 6) is 0.838. The zero-order valence-corrected chi connectivity index (χ0v) is 19.3. The molecule has 2 aromatic carbocycles. The Morgan fingerprint density at radius 3 is 2.34 bits per heavy atom. The first-order valence-corrected chi connectivity index (χ1v) is 10.7. The number of benzene rings is 2. The van der Waals surface area contributed by atoms with Crippen LogP contribution in [0.2, 0.25) is 0 Å². The summed E-state index contributed by atoms with van der Waals surface area (Å²) >= 11 is 0. The summed E-state index contributed by atoms with van der Waals surface area (Å²) in [5.41, 5.74) is 6.24. The molecule has 0 saturated carbocycles. The summed E-state index contributed by atoms with van der Waals surface area (Å²) in [4.78, 5) is 12.6. The predicted molar refractivity (Wildman–Crippen MR) is 128 cm³/mol. The molecule has 164 valence electrons. The maximum Gasteiger partial charge on any atom is 0.262 e. The van der Waals surface area contributed by atoms with Crippen molar-refractivity contribution >= 4 is 12.0 Å². The molecule has 0 spiro atoms. The van der Waals surface area contributed by atoms with Crippen LogP contribution in [0.1, 0.15) is 47.8 Å². The first-order valence-electron chi connectivity index (χ1n) is 10.7. The van der Waals surface area contributed by atoms with Gasteiger partial charge in [-0.25, -0.2) is 0 Å². The van der Waals surface area contributed by atoms with Crippen LogP contribution >= 0.6 is 0 Å². The van der Waals surface area contributed by atoms with E-state index in [2.05, 4.69) is 48.0 Å². The quantitative estimate of drug-likeness (QED) is 0.403. The molecule has 0 saturated heterocycles. The van der Waals surface area contributed by atoms with Crippen molar-refractivity contribution in [1.82, 2.24) is 9.88 Å². The molecule has 3 aromatic rings. The number of carbonyl (C=O) groups excluding carboxylic acids is 1. The molecule has 0 unspecified atom stereocenters. The zero-order valence-electron chi connectivity index (χ0n) is 19.3. The predicted octanol–water partition coefficient (Wildman–Crippen LogP) is 5.45. The summed E-state index contributed by atoms with van der Waals surface area (Å²) in [6, 6.07) is 20.0. The molecular formula is C27H29N3O2. The second kappa shape index (κ2) is 10.0. The van der Waals surface area contributed by atoms with E-state index in [1.165, 1.54) is 5.56 Å². The number of nitriles is 1. The number of amides is 1. The monoisotopic (exact) mass is 427 g/mol. The van der Waals surface area contributed by atoms with Crippen LogP contribution in [0.3, 0.4) is 0 Å². The van der Waals surface area contributed by atoms with Gasteiger partial charge in [0.1, 0.15) is 17.4 Å². The number of methoxy groups -OCH3 is 1. The van der Waals surface area contributed by atoms with Crippen LogP contribution in [0.5, 0.6) is 5.75 Å². The Morgan fingerprint density at radius 1 is 1.12 bits per heavy atom. The molecule has 0 radical (unpaired) electrons. The van der Waals surface area contributed by atoms with Gasteiger partial charge in [0.2, 0.25) is 0 Å². The fourth-order valence-corrected chi connectivity index (χ4v) is 3.66. The van der Waals surface area contributed by atoms with Crippen LogP contribution in [0.4, 0.5) is 0 Å². The van der Waals surface area contributed by atoms with E-state index in [0.29, 0.717) is 12.5 Å². The third-order valence-corrected chi connectivity index (χ3v) is 5.57. The Balaban J connectivity index is 1.80. The first kappa shape index (κ1) is 22.9. The number of aryl methyl sites for hydroxylation is 1. The number of aromatic nitrogens is 1. The van der Waals surface area contributed by atoms with Crippen molar-refractivity contribution in [2.75, 3.05) is 7.11 Å². The smallest absolute Gasteiger partial charge is 0.262 e. The molecule has 0 atom stereocenters. The number of hydrogen-bond acceptors (Lipinski definition) is 3. The fraction of sp³-hybridized carbons (Fsp3) is 0.259. The van der Waals surface area contributed by atoms with Crippen LogP contribution in [0.15, 0.2) is 60.2 Å². The molecule has 0 bridgehead atoms. The van der Waals surface area contributed by atoms with Gasteiger partial charge in [0.25, 0.3) is 5.91 Å². The van der Waals surface area contributed by atoms with Gasteiger partial charge in [-0.2, -0.15) is 5.26 Å². The molecule has 0 aliphatic heterocycles. The highest BCUT2D eigenvalue weighted by Crippen LogP contribution is 2.24. The highest BCUT2D eigenvalue weighted by Gasteiger charge is 2.14. The Bertz CT molecular complexity index is 1160. The summed E-state index contributed by atoms with van der Waals surface area (Å²) in [6.07, 6.45) is 1.66. The molecule has 0 aliphatic carbocycles. The van der Waals surface area contributed by atoms with Crippen molar-refractivity contribution in [2.45, 2.75) is 40.2 Å². The van der Waals surface area contributed by atoms with E-state index in [4.69, 9.17) is 4.74 Å². The van der Waals surface area contributed by atoms with Gasteiger partial charge in [0.05, 0.1) is 7.11 Å². The Hall–Kier alpha value is -3.78. The molecule has 5 nitrogen and oxygen atoms in total. The molecule has 32 heavy (non-hydrogen) atoms. The van der Waals surface area contributed by atoms with Gasteiger partial charge in [-0.1, -0.05) is 38.1 Å². The van der Waals surface area contributed by atoms with Crippen molar-refractivity contribution in [2.24, 2.45) is 0 Å².